The van der Waals surface area contributed by atoms with Crippen LogP contribution >= 0.6 is 24.0 Å². The van der Waals surface area contributed by atoms with Crippen molar-refractivity contribution < 1.29 is 9.59 Å². The molecule has 8 heteroatoms. The second kappa shape index (κ2) is 10.1. The van der Waals surface area contributed by atoms with Gasteiger partial charge in [0.15, 0.2) is 5.96 Å². The van der Waals surface area contributed by atoms with Gasteiger partial charge >= 0.3 is 0 Å². The first-order chi connectivity index (χ1) is 13.1. The van der Waals surface area contributed by atoms with Crippen molar-refractivity contribution in [1.82, 2.24) is 10.6 Å². The summed E-state index contributed by atoms with van der Waals surface area (Å²) < 4.78 is 0. The molecule has 1 unspecified atom stereocenters. The minimum absolute atomic E-state index is 0. The number of carbonyl (C=O) groups excluding carboxylic acids is 2. The van der Waals surface area contributed by atoms with Crippen molar-refractivity contribution in [2.24, 2.45) is 10.7 Å². The highest BCUT2D eigenvalue weighted by molar-refractivity contribution is 14.0. The summed E-state index contributed by atoms with van der Waals surface area (Å²) in [5.41, 5.74) is 7.61. The maximum absolute atomic E-state index is 12.3. The molecule has 3 rings (SSSR count). The van der Waals surface area contributed by atoms with Crippen LogP contribution < -0.4 is 21.3 Å². The molecule has 0 bridgehead atoms. The monoisotopic (exact) mass is 493 g/mol. The summed E-state index contributed by atoms with van der Waals surface area (Å²) in [4.78, 5) is 29.6. The number of rotatable bonds is 5. The number of benzene rings is 2. The highest BCUT2D eigenvalue weighted by atomic mass is 127. The number of carbonyl (C=O) groups is 2. The van der Waals surface area contributed by atoms with Gasteiger partial charge in [-0.1, -0.05) is 30.3 Å². The van der Waals surface area contributed by atoms with Crippen molar-refractivity contribution in [2.75, 3.05) is 18.5 Å². The van der Waals surface area contributed by atoms with E-state index in [1.165, 1.54) is 0 Å². The zero-order valence-electron chi connectivity index (χ0n) is 15.6. The van der Waals surface area contributed by atoms with E-state index >= 15 is 0 Å². The quantitative estimate of drug-likeness (QED) is 0.337. The van der Waals surface area contributed by atoms with E-state index in [9.17, 15) is 9.59 Å². The first-order valence-corrected chi connectivity index (χ1v) is 8.78. The molecule has 1 heterocycles. The molecule has 0 spiro atoms. The highest BCUT2D eigenvalue weighted by Crippen LogP contribution is 2.20. The Labute approximate surface area is 181 Å². The van der Waals surface area contributed by atoms with E-state index in [1.54, 1.807) is 30.1 Å². The van der Waals surface area contributed by atoms with Gasteiger partial charge in [-0.15, -0.1) is 24.0 Å². The fraction of sp³-hybridized carbons (Fsp3) is 0.250. The van der Waals surface area contributed by atoms with E-state index in [4.69, 9.17) is 5.73 Å². The predicted octanol–water partition coefficient (Wildman–Crippen LogP) is 1.87. The van der Waals surface area contributed by atoms with E-state index in [2.05, 4.69) is 15.6 Å². The number of hydrogen-bond acceptors (Lipinski definition) is 3. The summed E-state index contributed by atoms with van der Waals surface area (Å²) in [7, 11) is 1.68. The molecule has 4 N–H and O–H groups in total. The lowest BCUT2D eigenvalue weighted by Gasteiger charge is -2.19. The number of guanidine groups is 1. The Balaban J connectivity index is 0.00000280. The second-order valence-corrected chi connectivity index (χ2v) is 6.38. The molecule has 1 atom stereocenters. The molecule has 0 aromatic heterocycles. The first-order valence-electron chi connectivity index (χ1n) is 8.78. The molecule has 0 radical (unpaired) electrons. The first kappa shape index (κ1) is 21.7. The van der Waals surface area contributed by atoms with E-state index in [-0.39, 0.29) is 35.9 Å². The third-order valence-corrected chi connectivity index (χ3v) is 4.43. The van der Waals surface area contributed by atoms with E-state index in [0.29, 0.717) is 31.0 Å². The lowest BCUT2D eigenvalue weighted by molar-refractivity contribution is -0.117. The Morgan fingerprint density at radius 1 is 1.21 bits per heavy atom. The van der Waals surface area contributed by atoms with Crippen LogP contribution in [0.1, 0.15) is 22.3 Å². The average Bonchev–Trinajstić information content (AvgIpc) is 3.06. The van der Waals surface area contributed by atoms with Gasteiger partial charge < -0.3 is 21.3 Å². The molecule has 1 aliphatic heterocycles. The molecular formula is C20H24IN5O2. The number of nitrogens with two attached hydrogens (primary N) is 1. The van der Waals surface area contributed by atoms with E-state index < -0.39 is 5.91 Å². The largest absolute Gasteiger partial charge is 0.366 e. The van der Waals surface area contributed by atoms with Gasteiger partial charge in [-0.3, -0.25) is 14.6 Å². The second-order valence-electron chi connectivity index (χ2n) is 6.38. The van der Waals surface area contributed by atoms with Crippen molar-refractivity contribution in [3.05, 3.63) is 65.7 Å². The van der Waals surface area contributed by atoms with Crippen LogP contribution in [0.15, 0.2) is 59.6 Å². The number of primary amides is 1. The van der Waals surface area contributed by atoms with Crippen LogP contribution in [0.2, 0.25) is 0 Å². The molecule has 1 saturated heterocycles. The molecule has 1 aliphatic rings. The Hall–Kier alpha value is -2.62. The molecular weight excluding hydrogens is 469 g/mol. The van der Waals surface area contributed by atoms with Gasteiger partial charge in [0.1, 0.15) is 0 Å². The summed E-state index contributed by atoms with van der Waals surface area (Å²) in [5.74, 6) is 0.236. The zero-order chi connectivity index (χ0) is 19.2. The molecule has 0 aliphatic carbocycles. The number of aliphatic imine (C=N–C) groups is 1. The van der Waals surface area contributed by atoms with Crippen LogP contribution in [0.25, 0.3) is 0 Å². The number of hydrogen-bond donors (Lipinski definition) is 3. The Kier molecular flexibility index (Phi) is 7.80. The third kappa shape index (κ3) is 5.44. The third-order valence-electron chi connectivity index (χ3n) is 4.43. The number of amides is 2. The summed E-state index contributed by atoms with van der Waals surface area (Å²) >= 11 is 0. The highest BCUT2D eigenvalue weighted by Gasteiger charge is 2.30. The van der Waals surface area contributed by atoms with Gasteiger partial charge in [0.25, 0.3) is 0 Å². The zero-order valence-corrected chi connectivity index (χ0v) is 17.9. The SMILES string of the molecule is CN=C(NCc1cccc(C(N)=O)c1)NC1CC(=O)N(c2ccccc2)C1.I. The van der Waals surface area contributed by atoms with Gasteiger partial charge in [-0.25, -0.2) is 0 Å². The maximum Gasteiger partial charge on any atom is 0.248 e. The Morgan fingerprint density at radius 3 is 2.64 bits per heavy atom. The number of halogens is 1. The standard InChI is InChI=1S/C20H23N5O2.HI/c1-22-20(23-12-14-6-5-7-15(10-14)19(21)27)24-16-11-18(26)25(13-16)17-8-3-2-4-9-17;/h2-10,16H,11-13H2,1H3,(H2,21,27)(H2,22,23,24);1H. The lowest BCUT2D eigenvalue weighted by Crippen LogP contribution is -2.44. The summed E-state index contributed by atoms with van der Waals surface area (Å²) in [6.45, 7) is 1.07. The fourth-order valence-corrected chi connectivity index (χ4v) is 3.07. The number of anilines is 1. The molecule has 2 aromatic carbocycles. The van der Waals surface area contributed by atoms with Gasteiger partial charge in [-0.2, -0.15) is 0 Å². The molecule has 0 saturated carbocycles. The smallest absolute Gasteiger partial charge is 0.248 e. The lowest BCUT2D eigenvalue weighted by atomic mass is 10.1. The topological polar surface area (TPSA) is 99.8 Å². The maximum atomic E-state index is 12.3. The molecule has 2 aromatic rings. The van der Waals surface area contributed by atoms with Crippen molar-refractivity contribution >= 4 is 47.4 Å². The van der Waals surface area contributed by atoms with Gasteiger partial charge in [-0.05, 0) is 29.8 Å². The molecule has 1 fully saturated rings. The average molecular weight is 493 g/mol. The van der Waals surface area contributed by atoms with Crippen molar-refractivity contribution in [2.45, 2.75) is 19.0 Å². The van der Waals surface area contributed by atoms with Crippen LogP contribution in [0.5, 0.6) is 0 Å². The summed E-state index contributed by atoms with van der Waals surface area (Å²) in [6, 6.07) is 16.7. The predicted molar refractivity (Wildman–Crippen MR) is 121 cm³/mol. The van der Waals surface area contributed by atoms with Crippen molar-refractivity contribution in [3.8, 4) is 0 Å². The van der Waals surface area contributed by atoms with Crippen LogP contribution in [0.3, 0.4) is 0 Å². The number of nitrogens with one attached hydrogen (secondary N) is 2. The van der Waals surface area contributed by atoms with Crippen LogP contribution in [-0.4, -0.2) is 37.4 Å². The molecule has 148 valence electrons. The van der Waals surface area contributed by atoms with Gasteiger partial charge in [0.2, 0.25) is 11.8 Å². The number of para-hydroxylation sites is 1. The van der Waals surface area contributed by atoms with Crippen LogP contribution in [-0.2, 0) is 11.3 Å². The van der Waals surface area contributed by atoms with E-state index in [0.717, 1.165) is 11.3 Å². The van der Waals surface area contributed by atoms with Gasteiger partial charge in [0.05, 0.1) is 6.04 Å². The van der Waals surface area contributed by atoms with Crippen molar-refractivity contribution in [3.63, 3.8) is 0 Å². The Bertz CT molecular complexity index is 857. The molecule has 7 nitrogen and oxygen atoms in total. The number of nitrogens with zero attached hydrogens (tertiary/aromatic N) is 2. The molecule has 28 heavy (non-hydrogen) atoms. The minimum Gasteiger partial charge on any atom is -0.366 e. The molecule has 2 amide bonds. The normalized spacial score (nSPS) is 16.5. The van der Waals surface area contributed by atoms with E-state index in [1.807, 2.05) is 36.4 Å². The Morgan fingerprint density at radius 2 is 1.96 bits per heavy atom. The van der Waals surface area contributed by atoms with Crippen molar-refractivity contribution in [1.29, 1.82) is 0 Å². The van der Waals surface area contributed by atoms with Gasteiger partial charge in [0, 0.05) is 37.8 Å². The summed E-state index contributed by atoms with van der Waals surface area (Å²) in [6.07, 6.45) is 0.409. The minimum atomic E-state index is -0.454. The van der Waals surface area contributed by atoms with Crippen LogP contribution in [0.4, 0.5) is 5.69 Å². The van der Waals surface area contributed by atoms with Crippen LogP contribution in [0, 0.1) is 0 Å². The summed E-state index contributed by atoms with van der Waals surface area (Å²) in [5, 5.41) is 6.49. The fourth-order valence-electron chi connectivity index (χ4n) is 3.07.